The predicted octanol–water partition coefficient (Wildman–Crippen LogP) is 0.956. The van der Waals surface area contributed by atoms with Crippen LogP contribution in [-0.2, 0) is 4.74 Å². The number of anilines is 1. The number of rotatable bonds is 5. The van der Waals surface area contributed by atoms with Crippen molar-refractivity contribution in [2.75, 3.05) is 37.5 Å². The maximum atomic E-state index is 12.7. The monoisotopic (exact) mass is 401 g/mol. The van der Waals surface area contributed by atoms with Crippen LogP contribution in [0.1, 0.15) is 38.3 Å². The molecule has 1 aromatic carbocycles. The van der Waals surface area contributed by atoms with Gasteiger partial charge in [0.1, 0.15) is 0 Å². The first kappa shape index (κ1) is 20.0. The number of nitrogen functional groups attached to an aromatic ring is 1. The number of aromatic nitrogens is 2. The number of ether oxygens (including phenoxy) is 1. The highest BCUT2D eigenvalue weighted by atomic mass is 16.5. The Labute approximate surface area is 170 Å². The van der Waals surface area contributed by atoms with Gasteiger partial charge in [0.25, 0.3) is 5.56 Å². The SMILES string of the molecule is COC[C@@H](N)C1CN(c2ccc3c(=O)n(N)c(=O)n(C4CC4)c3c2C)CC1(C)C. The molecule has 29 heavy (non-hydrogen) atoms. The zero-order valence-corrected chi connectivity index (χ0v) is 17.6. The van der Waals surface area contributed by atoms with Crippen molar-refractivity contribution in [3.8, 4) is 0 Å². The van der Waals surface area contributed by atoms with E-state index in [0.29, 0.717) is 17.5 Å². The predicted molar refractivity (Wildman–Crippen MR) is 115 cm³/mol. The first-order valence-corrected chi connectivity index (χ1v) is 10.2. The van der Waals surface area contributed by atoms with Gasteiger partial charge in [-0.3, -0.25) is 9.36 Å². The standard InChI is InChI=1S/C21H31N5O3/c1-12-17(24-9-15(16(22)10-29-4)21(2,3)11-24)8-7-14-18(12)25(13-5-6-13)20(28)26(23)19(14)27/h7-8,13,15-16H,5-6,9-11,22-23H2,1-4H3/t15?,16-/m1/s1. The molecule has 2 fully saturated rings. The van der Waals surface area contributed by atoms with Crippen LogP contribution in [0.25, 0.3) is 10.9 Å². The molecule has 158 valence electrons. The lowest BCUT2D eigenvalue weighted by atomic mass is 9.78. The van der Waals surface area contributed by atoms with Gasteiger partial charge in [0.2, 0.25) is 0 Å². The number of benzene rings is 1. The first-order valence-electron chi connectivity index (χ1n) is 10.2. The fraction of sp³-hybridized carbons (Fsp3) is 0.619. The summed E-state index contributed by atoms with van der Waals surface area (Å²) < 4.78 is 7.74. The highest BCUT2D eigenvalue weighted by Gasteiger charge is 2.43. The van der Waals surface area contributed by atoms with Crippen molar-refractivity contribution in [2.24, 2.45) is 17.1 Å². The van der Waals surface area contributed by atoms with Crippen LogP contribution in [0.15, 0.2) is 21.7 Å². The van der Waals surface area contributed by atoms with E-state index in [1.54, 1.807) is 17.7 Å². The van der Waals surface area contributed by atoms with Crippen LogP contribution in [0.4, 0.5) is 5.69 Å². The number of aryl methyl sites for hydroxylation is 1. The summed E-state index contributed by atoms with van der Waals surface area (Å²) in [6, 6.07) is 3.85. The number of methoxy groups -OCH3 is 1. The van der Waals surface area contributed by atoms with Gasteiger partial charge in [-0.15, -0.1) is 0 Å². The number of hydrogen-bond donors (Lipinski definition) is 2. The molecule has 0 amide bonds. The Morgan fingerprint density at radius 3 is 2.59 bits per heavy atom. The number of nitrogens with zero attached hydrogens (tertiary/aromatic N) is 3. The molecule has 1 aliphatic carbocycles. The average Bonchev–Trinajstić information content (AvgIpc) is 3.44. The van der Waals surface area contributed by atoms with Gasteiger partial charge >= 0.3 is 5.69 Å². The number of hydrogen-bond acceptors (Lipinski definition) is 6. The van der Waals surface area contributed by atoms with E-state index in [0.717, 1.165) is 41.9 Å². The maximum Gasteiger partial charge on any atom is 0.350 e. The largest absolute Gasteiger partial charge is 0.383 e. The molecule has 1 saturated carbocycles. The van der Waals surface area contributed by atoms with Gasteiger partial charge in [-0.2, -0.15) is 4.68 Å². The van der Waals surface area contributed by atoms with Crippen LogP contribution in [0.2, 0.25) is 0 Å². The molecule has 1 aliphatic heterocycles. The van der Waals surface area contributed by atoms with Crippen molar-refractivity contribution >= 4 is 16.6 Å². The highest BCUT2D eigenvalue weighted by Crippen LogP contribution is 2.42. The molecular formula is C21H31N5O3. The fourth-order valence-corrected chi connectivity index (χ4v) is 4.98. The Balaban J connectivity index is 1.83. The Hall–Kier alpha value is -2.32. The topological polar surface area (TPSA) is 109 Å². The Morgan fingerprint density at radius 2 is 1.97 bits per heavy atom. The lowest BCUT2D eigenvalue weighted by molar-refractivity contribution is 0.130. The third-order valence-corrected chi connectivity index (χ3v) is 6.65. The number of nitrogens with two attached hydrogens (primary N) is 2. The van der Waals surface area contributed by atoms with E-state index < -0.39 is 11.2 Å². The summed E-state index contributed by atoms with van der Waals surface area (Å²) in [6.07, 6.45) is 1.86. The maximum absolute atomic E-state index is 12.7. The lowest BCUT2D eigenvalue weighted by Crippen LogP contribution is -2.44. The second kappa shape index (κ2) is 6.88. The molecule has 1 unspecified atom stereocenters. The van der Waals surface area contributed by atoms with Crippen LogP contribution in [0.3, 0.4) is 0 Å². The Morgan fingerprint density at radius 1 is 1.28 bits per heavy atom. The molecular weight excluding hydrogens is 370 g/mol. The third kappa shape index (κ3) is 3.14. The van der Waals surface area contributed by atoms with Gasteiger partial charge in [-0.05, 0) is 42.9 Å². The van der Waals surface area contributed by atoms with Crippen molar-refractivity contribution in [1.82, 2.24) is 9.24 Å². The van der Waals surface area contributed by atoms with Crippen LogP contribution < -0.4 is 27.7 Å². The molecule has 1 aromatic heterocycles. The summed E-state index contributed by atoms with van der Waals surface area (Å²) in [7, 11) is 1.68. The second-order valence-electron chi connectivity index (χ2n) is 9.26. The molecule has 0 bridgehead atoms. The molecule has 8 nitrogen and oxygen atoms in total. The molecule has 2 atom stereocenters. The van der Waals surface area contributed by atoms with Crippen molar-refractivity contribution in [2.45, 2.75) is 45.7 Å². The fourth-order valence-electron chi connectivity index (χ4n) is 4.98. The quantitative estimate of drug-likeness (QED) is 0.723. The minimum Gasteiger partial charge on any atom is -0.383 e. The Kier molecular flexibility index (Phi) is 4.74. The smallest absolute Gasteiger partial charge is 0.350 e. The molecule has 4 rings (SSSR count). The van der Waals surface area contributed by atoms with Gasteiger partial charge in [-0.25, -0.2) is 4.79 Å². The summed E-state index contributed by atoms with van der Waals surface area (Å²) in [5.41, 5.74) is 8.25. The van der Waals surface area contributed by atoms with Gasteiger partial charge in [0.05, 0.1) is 17.5 Å². The lowest BCUT2D eigenvalue weighted by Gasteiger charge is -2.29. The molecule has 0 radical (unpaired) electrons. The van der Waals surface area contributed by atoms with E-state index in [-0.39, 0.29) is 23.4 Å². The first-order chi connectivity index (χ1) is 13.7. The van der Waals surface area contributed by atoms with Crippen LogP contribution >= 0.6 is 0 Å². The molecule has 2 heterocycles. The molecule has 1 saturated heterocycles. The van der Waals surface area contributed by atoms with E-state index in [4.69, 9.17) is 16.3 Å². The van der Waals surface area contributed by atoms with E-state index in [1.165, 1.54) is 0 Å². The Bertz CT molecular complexity index is 1070. The van der Waals surface area contributed by atoms with Crippen molar-refractivity contribution in [3.63, 3.8) is 0 Å². The molecule has 0 spiro atoms. The van der Waals surface area contributed by atoms with Gasteiger partial charge in [-0.1, -0.05) is 13.8 Å². The van der Waals surface area contributed by atoms with Crippen molar-refractivity contribution < 1.29 is 4.74 Å². The summed E-state index contributed by atoms with van der Waals surface area (Å²) in [5.74, 6) is 6.05. The normalized spacial score (nSPS) is 22.4. The minimum atomic E-state index is -0.446. The molecule has 2 aromatic rings. The summed E-state index contributed by atoms with van der Waals surface area (Å²) >= 11 is 0. The van der Waals surface area contributed by atoms with E-state index in [9.17, 15) is 9.59 Å². The highest BCUT2D eigenvalue weighted by molar-refractivity contribution is 5.87. The van der Waals surface area contributed by atoms with Crippen molar-refractivity contribution in [3.05, 3.63) is 38.5 Å². The summed E-state index contributed by atoms with van der Waals surface area (Å²) in [4.78, 5) is 27.7. The minimum absolute atomic E-state index is 0.0240. The summed E-state index contributed by atoms with van der Waals surface area (Å²) in [5, 5.41) is 0.492. The van der Waals surface area contributed by atoms with E-state index >= 15 is 0 Å². The van der Waals surface area contributed by atoms with Gasteiger partial charge in [0, 0.05) is 43.9 Å². The second-order valence-corrected chi connectivity index (χ2v) is 9.26. The third-order valence-electron chi connectivity index (χ3n) is 6.65. The number of fused-ring (bicyclic) bond motifs is 1. The summed E-state index contributed by atoms with van der Waals surface area (Å²) in [6.45, 7) is 8.64. The van der Waals surface area contributed by atoms with E-state index in [2.05, 4.69) is 18.7 Å². The van der Waals surface area contributed by atoms with Gasteiger partial charge in [0.15, 0.2) is 0 Å². The molecule has 4 N–H and O–H groups in total. The van der Waals surface area contributed by atoms with E-state index in [1.807, 2.05) is 13.0 Å². The van der Waals surface area contributed by atoms with Crippen LogP contribution in [0.5, 0.6) is 0 Å². The molecule has 8 heteroatoms. The zero-order chi connectivity index (χ0) is 21.1. The zero-order valence-electron chi connectivity index (χ0n) is 17.6. The average molecular weight is 402 g/mol. The van der Waals surface area contributed by atoms with Crippen molar-refractivity contribution in [1.29, 1.82) is 0 Å². The van der Waals surface area contributed by atoms with Gasteiger partial charge < -0.3 is 21.2 Å². The van der Waals surface area contributed by atoms with Crippen LogP contribution in [-0.4, -0.2) is 42.1 Å². The molecule has 2 aliphatic rings. The van der Waals surface area contributed by atoms with Crippen LogP contribution in [0, 0.1) is 18.3 Å².